The molecule has 0 spiro atoms. The molecule has 4 fully saturated rings. The molecule has 5 heteroatoms. The summed E-state index contributed by atoms with van der Waals surface area (Å²) in [6, 6.07) is 0.611. The second kappa shape index (κ2) is 16.0. The Balaban J connectivity index is 0.000000452. The summed E-state index contributed by atoms with van der Waals surface area (Å²) in [4.78, 5) is 4.76. The lowest BCUT2D eigenvalue weighted by Crippen LogP contribution is -2.42. The standard InChI is InChI=1S/C12H19NO.C7H12FN.C2H6O.2C2H6/c1-4-14-9-12-5-10(2)7-13(12)8-11(3)6-12;8-6-4-7-2-1-3-9(7)5-6;1-3-2;2*1-2/h2-9H2,1H3;6-7H,1-5H2;1-2H3;2*1-2H3. The first kappa shape index (κ1) is 29.2. The Bertz CT molecular complexity index is 452. The predicted molar refractivity (Wildman–Crippen MR) is 128 cm³/mol. The van der Waals surface area contributed by atoms with Crippen LogP contribution in [0, 0.1) is 0 Å². The minimum atomic E-state index is -0.518. The van der Waals surface area contributed by atoms with Crippen LogP contribution in [0.25, 0.3) is 0 Å². The van der Waals surface area contributed by atoms with Crippen molar-refractivity contribution in [2.24, 2.45) is 0 Å². The molecule has 178 valence electrons. The summed E-state index contributed by atoms with van der Waals surface area (Å²) < 4.78 is 22.4. The Kier molecular flexibility index (Phi) is 15.6. The van der Waals surface area contributed by atoms with Crippen molar-refractivity contribution in [3.63, 3.8) is 0 Å². The van der Waals surface area contributed by atoms with Gasteiger partial charge in [-0.05, 0) is 45.6 Å². The summed E-state index contributed by atoms with van der Waals surface area (Å²) in [7, 11) is 3.25. The van der Waals surface area contributed by atoms with Gasteiger partial charge in [-0.2, -0.15) is 0 Å². The molecule has 0 radical (unpaired) electrons. The maximum atomic E-state index is 12.6. The van der Waals surface area contributed by atoms with Crippen LogP contribution in [0.15, 0.2) is 24.3 Å². The number of halogens is 1. The van der Waals surface area contributed by atoms with Crippen LogP contribution in [-0.4, -0.2) is 81.2 Å². The van der Waals surface area contributed by atoms with Gasteiger partial charge in [0.2, 0.25) is 0 Å². The third-order valence-corrected chi connectivity index (χ3v) is 5.69. The molecule has 4 aliphatic rings. The first-order valence-electron chi connectivity index (χ1n) is 11.9. The normalized spacial score (nSPS) is 26.1. The monoisotopic (exact) mass is 428 g/mol. The predicted octanol–water partition coefficient (Wildman–Crippen LogP) is 5.49. The van der Waals surface area contributed by atoms with E-state index in [1.165, 1.54) is 24.0 Å². The molecular formula is C25H49FN2O2. The Morgan fingerprint density at radius 2 is 1.60 bits per heavy atom. The van der Waals surface area contributed by atoms with Crippen molar-refractivity contribution in [1.29, 1.82) is 0 Å². The molecule has 4 saturated heterocycles. The zero-order valence-corrected chi connectivity index (χ0v) is 20.9. The van der Waals surface area contributed by atoms with E-state index in [1.807, 2.05) is 27.7 Å². The highest BCUT2D eigenvalue weighted by Crippen LogP contribution is 2.42. The number of ether oxygens (including phenoxy) is 2. The van der Waals surface area contributed by atoms with E-state index < -0.39 is 6.17 Å². The highest BCUT2D eigenvalue weighted by molar-refractivity contribution is 5.26. The average Bonchev–Trinajstić information content (AvgIpc) is 3.43. The fourth-order valence-corrected chi connectivity index (χ4v) is 4.77. The lowest BCUT2D eigenvalue weighted by molar-refractivity contribution is 0.0420. The molecule has 0 aromatic rings. The molecule has 2 unspecified atom stereocenters. The van der Waals surface area contributed by atoms with E-state index in [4.69, 9.17) is 4.74 Å². The van der Waals surface area contributed by atoms with Gasteiger partial charge in [-0.1, -0.05) is 52.0 Å². The second-order valence-electron chi connectivity index (χ2n) is 8.10. The Morgan fingerprint density at radius 1 is 1.07 bits per heavy atom. The minimum absolute atomic E-state index is 0.212. The highest BCUT2D eigenvalue weighted by Gasteiger charge is 2.47. The molecule has 4 heterocycles. The van der Waals surface area contributed by atoms with Gasteiger partial charge in [-0.15, -0.1) is 0 Å². The van der Waals surface area contributed by atoms with Gasteiger partial charge < -0.3 is 9.47 Å². The first-order chi connectivity index (χ1) is 14.4. The third kappa shape index (κ3) is 8.78. The van der Waals surface area contributed by atoms with E-state index in [9.17, 15) is 4.39 Å². The third-order valence-electron chi connectivity index (χ3n) is 5.69. The van der Waals surface area contributed by atoms with Crippen molar-refractivity contribution >= 4 is 0 Å². The second-order valence-corrected chi connectivity index (χ2v) is 8.10. The summed E-state index contributed by atoms with van der Waals surface area (Å²) in [6.45, 7) is 23.8. The number of fused-ring (bicyclic) bond motifs is 2. The van der Waals surface area contributed by atoms with Gasteiger partial charge in [0.25, 0.3) is 0 Å². The summed E-state index contributed by atoms with van der Waals surface area (Å²) in [5, 5.41) is 0. The molecule has 0 N–H and O–H groups in total. The molecule has 0 amide bonds. The SMILES string of the molecule is C=C1CN2CC(=C)CC2(COCC)C1.CC.CC.COC.FC1CC2CCCN2C1. The van der Waals surface area contributed by atoms with E-state index in [2.05, 4.69) is 34.6 Å². The van der Waals surface area contributed by atoms with Crippen molar-refractivity contribution in [1.82, 2.24) is 9.80 Å². The molecule has 0 aromatic carbocycles. The van der Waals surface area contributed by atoms with E-state index in [1.54, 1.807) is 14.2 Å². The fraction of sp³-hybridized carbons (Fsp3) is 0.840. The van der Waals surface area contributed by atoms with E-state index in [0.717, 1.165) is 52.1 Å². The zero-order valence-electron chi connectivity index (χ0n) is 20.9. The molecule has 0 aromatic heterocycles. The average molecular weight is 429 g/mol. The van der Waals surface area contributed by atoms with Gasteiger partial charge in [0.05, 0.1) is 12.1 Å². The number of rotatable bonds is 3. The maximum absolute atomic E-state index is 12.6. The lowest BCUT2D eigenvalue weighted by Gasteiger charge is -2.30. The topological polar surface area (TPSA) is 24.9 Å². The number of nitrogens with zero attached hydrogens (tertiary/aromatic N) is 2. The van der Waals surface area contributed by atoms with Crippen LogP contribution >= 0.6 is 0 Å². The van der Waals surface area contributed by atoms with E-state index in [-0.39, 0.29) is 5.54 Å². The number of hydrogen-bond donors (Lipinski definition) is 0. The van der Waals surface area contributed by atoms with Gasteiger partial charge in [0.15, 0.2) is 0 Å². The Morgan fingerprint density at radius 3 is 2.07 bits per heavy atom. The quantitative estimate of drug-likeness (QED) is 0.555. The van der Waals surface area contributed by atoms with Gasteiger partial charge in [-0.3, -0.25) is 9.80 Å². The largest absolute Gasteiger partial charge is 0.388 e. The smallest absolute Gasteiger partial charge is 0.114 e. The highest BCUT2D eigenvalue weighted by atomic mass is 19.1. The summed E-state index contributed by atoms with van der Waals surface area (Å²) in [5.41, 5.74) is 2.90. The summed E-state index contributed by atoms with van der Waals surface area (Å²) >= 11 is 0. The van der Waals surface area contributed by atoms with Crippen LogP contribution in [0.4, 0.5) is 4.39 Å². The summed E-state index contributed by atoms with van der Waals surface area (Å²) in [5.74, 6) is 0. The molecule has 4 nitrogen and oxygen atoms in total. The molecule has 0 saturated carbocycles. The van der Waals surface area contributed by atoms with Crippen LogP contribution in [0.1, 0.15) is 66.7 Å². The van der Waals surface area contributed by atoms with Crippen LogP contribution in [0.3, 0.4) is 0 Å². The zero-order chi connectivity index (χ0) is 23.2. The number of methoxy groups -OCH3 is 1. The molecule has 2 atom stereocenters. The van der Waals surface area contributed by atoms with Crippen LogP contribution in [-0.2, 0) is 9.47 Å². The Hall–Kier alpha value is -0.750. The van der Waals surface area contributed by atoms with Gasteiger partial charge >= 0.3 is 0 Å². The molecule has 0 aliphatic carbocycles. The summed E-state index contributed by atoms with van der Waals surface area (Å²) in [6.07, 6.45) is 4.99. The van der Waals surface area contributed by atoms with Crippen molar-refractivity contribution in [3.05, 3.63) is 24.3 Å². The molecule has 0 bridgehead atoms. The van der Waals surface area contributed by atoms with E-state index in [0.29, 0.717) is 12.6 Å². The van der Waals surface area contributed by atoms with Gasteiger partial charge in [0, 0.05) is 46.5 Å². The molecule has 4 rings (SSSR count). The van der Waals surface area contributed by atoms with Crippen molar-refractivity contribution in [2.45, 2.75) is 84.5 Å². The van der Waals surface area contributed by atoms with Crippen LogP contribution < -0.4 is 0 Å². The molecule has 30 heavy (non-hydrogen) atoms. The Labute approximate surface area is 186 Å². The number of hydrogen-bond acceptors (Lipinski definition) is 4. The van der Waals surface area contributed by atoms with Crippen molar-refractivity contribution in [3.8, 4) is 0 Å². The van der Waals surface area contributed by atoms with E-state index >= 15 is 0 Å². The van der Waals surface area contributed by atoms with Crippen molar-refractivity contribution < 1.29 is 13.9 Å². The number of alkyl halides is 1. The van der Waals surface area contributed by atoms with Crippen LogP contribution in [0.5, 0.6) is 0 Å². The molecular weight excluding hydrogens is 379 g/mol. The molecule has 4 aliphatic heterocycles. The van der Waals surface area contributed by atoms with Crippen molar-refractivity contribution in [2.75, 3.05) is 53.6 Å². The maximum Gasteiger partial charge on any atom is 0.114 e. The first-order valence-corrected chi connectivity index (χ1v) is 11.9. The lowest BCUT2D eigenvalue weighted by atomic mass is 9.92. The van der Waals surface area contributed by atoms with Gasteiger partial charge in [0.1, 0.15) is 6.17 Å². The van der Waals surface area contributed by atoms with Gasteiger partial charge in [-0.25, -0.2) is 4.39 Å². The minimum Gasteiger partial charge on any atom is -0.388 e. The fourth-order valence-electron chi connectivity index (χ4n) is 4.77. The van der Waals surface area contributed by atoms with Crippen LogP contribution in [0.2, 0.25) is 0 Å².